The predicted molar refractivity (Wildman–Crippen MR) is 94.0 cm³/mol. The molecule has 24 heavy (non-hydrogen) atoms. The van der Waals surface area contributed by atoms with Gasteiger partial charge in [0, 0.05) is 24.7 Å². The van der Waals surface area contributed by atoms with Gasteiger partial charge in [0.2, 0.25) is 5.91 Å². The van der Waals surface area contributed by atoms with Crippen molar-refractivity contribution in [1.29, 1.82) is 0 Å². The molecule has 1 aliphatic heterocycles. The summed E-state index contributed by atoms with van der Waals surface area (Å²) < 4.78 is 1.99. The summed E-state index contributed by atoms with van der Waals surface area (Å²) in [6.45, 7) is 8.61. The van der Waals surface area contributed by atoms with Crippen molar-refractivity contribution in [2.75, 3.05) is 18.4 Å². The SMILES string of the molecule is Cc1nc(C)n(CC2CCCN(C(C)C(=O)Nc3nccs3)C2)n1. The summed E-state index contributed by atoms with van der Waals surface area (Å²) in [6.07, 6.45) is 3.96. The first-order valence-corrected chi connectivity index (χ1v) is 9.23. The van der Waals surface area contributed by atoms with Crippen LogP contribution < -0.4 is 5.32 Å². The van der Waals surface area contributed by atoms with Gasteiger partial charge in [-0.2, -0.15) is 5.10 Å². The molecule has 130 valence electrons. The molecule has 1 aliphatic rings. The third-order valence-electron chi connectivity index (χ3n) is 4.53. The molecule has 2 unspecified atom stereocenters. The van der Waals surface area contributed by atoms with Crippen LogP contribution in [-0.2, 0) is 11.3 Å². The molecule has 3 rings (SSSR count). The lowest BCUT2D eigenvalue weighted by molar-refractivity contribution is -0.121. The number of rotatable bonds is 5. The summed E-state index contributed by atoms with van der Waals surface area (Å²) in [5.41, 5.74) is 0. The van der Waals surface area contributed by atoms with E-state index in [1.165, 1.54) is 11.3 Å². The van der Waals surface area contributed by atoms with E-state index < -0.39 is 0 Å². The molecular weight excluding hydrogens is 324 g/mol. The minimum atomic E-state index is -0.157. The van der Waals surface area contributed by atoms with E-state index in [9.17, 15) is 4.79 Å². The van der Waals surface area contributed by atoms with Gasteiger partial charge in [-0.1, -0.05) is 0 Å². The summed E-state index contributed by atoms with van der Waals surface area (Å²) in [6, 6.07) is -0.157. The number of carbonyl (C=O) groups is 1. The highest BCUT2D eigenvalue weighted by Gasteiger charge is 2.28. The molecule has 8 heteroatoms. The van der Waals surface area contributed by atoms with Crippen LogP contribution >= 0.6 is 11.3 Å². The third kappa shape index (κ3) is 3.99. The van der Waals surface area contributed by atoms with E-state index in [0.29, 0.717) is 11.0 Å². The van der Waals surface area contributed by atoms with Crippen LogP contribution in [-0.4, -0.2) is 49.7 Å². The van der Waals surface area contributed by atoms with Crippen LogP contribution in [0.5, 0.6) is 0 Å². The Bertz CT molecular complexity index is 683. The van der Waals surface area contributed by atoms with Gasteiger partial charge in [0.15, 0.2) is 5.13 Å². The van der Waals surface area contributed by atoms with Crippen LogP contribution in [0.2, 0.25) is 0 Å². The smallest absolute Gasteiger partial charge is 0.243 e. The van der Waals surface area contributed by atoms with Crippen LogP contribution in [0.25, 0.3) is 0 Å². The molecule has 0 radical (unpaired) electrons. The number of carbonyl (C=O) groups excluding carboxylic acids is 1. The first-order valence-electron chi connectivity index (χ1n) is 8.35. The quantitative estimate of drug-likeness (QED) is 0.895. The number of aromatic nitrogens is 4. The fourth-order valence-corrected chi connectivity index (χ4v) is 3.77. The predicted octanol–water partition coefficient (Wildman–Crippen LogP) is 2.09. The van der Waals surface area contributed by atoms with E-state index in [0.717, 1.165) is 44.1 Å². The molecule has 0 spiro atoms. The maximum Gasteiger partial charge on any atom is 0.243 e. The lowest BCUT2D eigenvalue weighted by Gasteiger charge is -2.36. The number of likely N-dealkylation sites (tertiary alicyclic amines) is 1. The summed E-state index contributed by atoms with van der Waals surface area (Å²) in [4.78, 5) is 23.2. The number of piperidine rings is 1. The van der Waals surface area contributed by atoms with E-state index in [4.69, 9.17) is 0 Å². The maximum atomic E-state index is 12.4. The molecule has 1 N–H and O–H groups in total. The highest BCUT2D eigenvalue weighted by atomic mass is 32.1. The van der Waals surface area contributed by atoms with E-state index >= 15 is 0 Å². The van der Waals surface area contributed by atoms with Crippen molar-refractivity contribution in [2.24, 2.45) is 5.92 Å². The monoisotopic (exact) mass is 348 g/mol. The Morgan fingerprint density at radius 1 is 1.50 bits per heavy atom. The van der Waals surface area contributed by atoms with Crippen molar-refractivity contribution in [3.63, 3.8) is 0 Å². The standard InChI is InChI=1S/C16H24N6OS/c1-11(15(23)19-16-17-6-8-24-16)21-7-4-5-14(9-21)10-22-13(3)18-12(2)20-22/h6,8,11,14H,4-5,7,9-10H2,1-3H3,(H,17,19,23). The van der Waals surface area contributed by atoms with Crippen molar-refractivity contribution in [3.05, 3.63) is 23.2 Å². The van der Waals surface area contributed by atoms with Crippen molar-refractivity contribution in [2.45, 2.75) is 46.2 Å². The molecule has 1 fully saturated rings. The summed E-state index contributed by atoms with van der Waals surface area (Å²) >= 11 is 1.44. The lowest BCUT2D eigenvalue weighted by atomic mass is 9.96. The van der Waals surface area contributed by atoms with Gasteiger partial charge in [0.05, 0.1) is 6.04 Å². The van der Waals surface area contributed by atoms with Gasteiger partial charge in [-0.3, -0.25) is 9.69 Å². The van der Waals surface area contributed by atoms with E-state index in [1.54, 1.807) is 6.20 Å². The molecule has 1 amide bonds. The average molecular weight is 348 g/mol. The molecule has 2 aromatic heterocycles. The zero-order chi connectivity index (χ0) is 17.1. The minimum Gasteiger partial charge on any atom is -0.301 e. The van der Waals surface area contributed by atoms with E-state index in [-0.39, 0.29) is 11.9 Å². The normalized spacial score (nSPS) is 20.0. The highest BCUT2D eigenvalue weighted by Crippen LogP contribution is 2.21. The van der Waals surface area contributed by atoms with Gasteiger partial charge < -0.3 is 5.32 Å². The van der Waals surface area contributed by atoms with E-state index in [2.05, 4.69) is 25.3 Å². The van der Waals surface area contributed by atoms with Crippen molar-refractivity contribution in [3.8, 4) is 0 Å². The Balaban J connectivity index is 1.58. The van der Waals surface area contributed by atoms with Gasteiger partial charge in [-0.05, 0) is 46.1 Å². The molecule has 2 aromatic rings. The Hall–Kier alpha value is -1.80. The highest BCUT2D eigenvalue weighted by molar-refractivity contribution is 7.13. The number of hydrogen-bond donors (Lipinski definition) is 1. The second-order valence-corrected chi connectivity index (χ2v) is 7.29. The molecule has 0 bridgehead atoms. The number of thiazole rings is 1. The zero-order valence-corrected chi connectivity index (χ0v) is 15.2. The first-order chi connectivity index (χ1) is 11.5. The lowest BCUT2D eigenvalue weighted by Crippen LogP contribution is -2.47. The van der Waals surface area contributed by atoms with Crippen molar-refractivity contribution >= 4 is 22.4 Å². The molecule has 0 aromatic carbocycles. The van der Waals surface area contributed by atoms with Gasteiger partial charge in [-0.15, -0.1) is 11.3 Å². The number of hydrogen-bond acceptors (Lipinski definition) is 6. The van der Waals surface area contributed by atoms with Crippen molar-refractivity contribution in [1.82, 2.24) is 24.6 Å². The number of nitrogens with one attached hydrogen (secondary N) is 1. The van der Waals surface area contributed by atoms with Gasteiger partial charge in [0.25, 0.3) is 0 Å². The molecule has 2 atom stereocenters. The molecule has 1 saturated heterocycles. The molecule has 3 heterocycles. The second kappa shape index (κ2) is 7.40. The number of amides is 1. The molecule has 0 saturated carbocycles. The summed E-state index contributed by atoms with van der Waals surface area (Å²) in [5, 5.41) is 9.88. The Morgan fingerprint density at radius 3 is 3.00 bits per heavy atom. The van der Waals surface area contributed by atoms with Crippen LogP contribution in [0.15, 0.2) is 11.6 Å². The fraction of sp³-hybridized carbons (Fsp3) is 0.625. The fourth-order valence-electron chi connectivity index (χ4n) is 3.24. The van der Waals surface area contributed by atoms with Crippen LogP contribution in [0, 0.1) is 19.8 Å². The topological polar surface area (TPSA) is 75.9 Å². The third-order valence-corrected chi connectivity index (χ3v) is 5.22. The Kier molecular flexibility index (Phi) is 5.25. The zero-order valence-electron chi connectivity index (χ0n) is 14.4. The minimum absolute atomic E-state index is 0.0124. The average Bonchev–Trinajstić information content (AvgIpc) is 3.17. The van der Waals surface area contributed by atoms with E-state index in [1.807, 2.05) is 30.8 Å². The van der Waals surface area contributed by atoms with Crippen LogP contribution in [0.1, 0.15) is 31.4 Å². The number of anilines is 1. The first kappa shape index (κ1) is 17.0. The maximum absolute atomic E-state index is 12.4. The number of nitrogens with zero attached hydrogens (tertiary/aromatic N) is 5. The van der Waals surface area contributed by atoms with Crippen LogP contribution in [0.4, 0.5) is 5.13 Å². The molecule has 7 nitrogen and oxygen atoms in total. The Morgan fingerprint density at radius 2 is 2.33 bits per heavy atom. The summed E-state index contributed by atoms with van der Waals surface area (Å²) in [5.74, 6) is 2.28. The second-order valence-electron chi connectivity index (χ2n) is 6.39. The van der Waals surface area contributed by atoms with Gasteiger partial charge >= 0.3 is 0 Å². The molecular formula is C16H24N6OS. The largest absolute Gasteiger partial charge is 0.301 e. The van der Waals surface area contributed by atoms with Crippen LogP contribution in [0.3, 0.4) is 0 Å². The Labute approximate surface area is 146 Å². The van der Waals surface area contributed by atoms with Crippen molar-refractivity contribution < 1.29 is 4.79 Å². The summed E-state index contributed by atoms with van der Waals surface area (Å²) in [7, 11) is 0. The van der Waals surface area contributed by atoms with Gasteiger partial charge in [-0.25, -0.2) is 14.6 Å². The number of aryl methyl sites for hydroxylation is 2. The molecule has 0 aliphatic carbocycles. The van der Waals surface area contributed by atoms with Gasteiger partial charge in [0.1, 0.15) is 11.6 Å².